The number of amides is 2. The first-order valence-corrected chi connectivity index (χ1v) is 11.2. The van der Waals surface area contributed by atoms with Crippen molar-refractivity contribution in [2.45, 2.75) is 64.3 Å². The minimum Gasteiger partial charge on any atom is -0.459 e. The van der Waals surface area contributed by atoms with Crippen LogP contribution >= 0.6 is 0 Å². The average molecular weight is 385 g/mol. The lowest BCUT2D eigenvalue weighted by atomic mass is 9.48. The molecule has 1 atom stereocenters. The molecule has 1 aliphatic heterocycles. The Kier molecular flexibility index (Phi) is 4.52. The molecule has 2 amide bonds. The van der Waals surface area contributed by atoms with Crippen molar-refractivity contribution >= 4 is 11.8 Å². The molecule has 2 heterocycles. The number of nitrogens with one attached hydrogen (secondary N) is 1. The van der Waals surface area contributed by atoms with Crippen molar-refractivity contribution in [2.75, 3.05) is 13.1 Å². The number of rotatable bonds is 4. The molecule has 1 aromatic heterocycles. The largest absolute Gasteiger partial charge is 0.459 e. The van der Waals surface area contributed by atoms with Gasteiger partial charge in [0.1, 0.15) is 0 Å². The standard InChI is InChI=1S/C23H32N2O3/c1-15(23-12-16-9-17(13-23)11-18(10-16)14-23)24-21(26)19-4-6-25(7-5-19)22(27)20-3-2-8-28-20/h2-3,8,15-19H,4-7,9-14H2,1H3,(H,24,26)/t15-,16?,17?,18?,23?/m1/s1. The number of hydrogen-bond acceptors (Lipinski definition) is 3. The van der Waals surface area contributed by atoms with Gasteiger partial charge in [0, 0.05) is 25.0 Å². The smallest absolute Gasteiger partial charge is 0.289 e. The monoisotopic (exact) mass is 384 g/mol. The summed E-state index contributed by atoms with van der Waals surface area (Å²) in [7, 11) is 0. The van der Waals surface area contributed by atoms with Crippen LogP contribution in [0.3, 0.4) is 0 Å². The van der Waals surface area contributed by atoms with Crippen LogP contribution in [0.15, 0.2) is 22.8 Å². The van der Waals surface area contributed by atoms with E-state index < -0.39 is 0 Å². The highest BCUT2D eigenvalue weighted by atomic mass is 16.3. The molecule has 1 N–H and O–H groups in total. The zero-order valence-corrected chi connectivity index (χ0v) is 16.9. The Labute approximate surface area is 167 Å². The van der Waals surface area contributed by atoms with E-state index in [0.717, 1.165) is 30.6 Å². The third-order valence-electron chi connectivity index (χ3n) is 8.25. The highest BCUT2D eigenvalue weighted by Gasteiger charge is 2.53. The quantitative estimate of drug-likeness (QED) is 0.858. The molecule has 5 fully saturated rings. The van der Waals surface area contributed by atoms with Crippen molar-refractivity contribution in [3.63, 3.8) is 0 Å². The van der Waals surface area contributed by atoms with Crippen LogP contribution in [0.2, 0.25) is 0 Å². The lowest BCUT2D eigenvalue weighted by Crippen LogP contribution is -2.56. The Morgan fingerprint density at radius 1 is 1.11 bits per heavy atom. The maximum Gasteiger partial charge on any atom is 0.289 e. The minimum absolute atomic E-state index is 0.0250. The number of carbonyl (C=O) groups is 2. The van der Waals surface area contributed by atoms with Crippen molar-refractivity contribution in [3.05, 3.63) is 24.2 Å². The van der Waals surface area contributed by atoms with Gasteiger partial charge in [-0.05, 0) is 93.6 Å². The predicted molar refractivity (Wildman–Crippen MR) is 106 cm³/mol. The maximum absolute atomic E-state index is 13.0. The molecule has 152 valence electrons. The second-order valence-corrected chi connectivity index (χ2v) is 10.1. The molecule has 6 rings (SSSR count). The number of likely N-dealkylation sites (tertiary alicyclic amines) is 1. The molecule has 5 nitrogen and oxygen atoms in total. The van der Waals surface area contributed by atoms with Gasteiger partial charge < -0.3 is 14.6 Å². The SMILES string of the molecule is C[C@@H](NC(=O)C1CCN(C(=O)c2ccco2)CC1)C12CC3CC(CC(C3)C1)C2. The summed E-state index contributed by atoms with van der Waals surface area (Å²) < 4.78 is 5.22. The van der Waals surface area contributed by atoms with E-state index in [4.69, 9.17) is 4.42 Å². The Bertz CT molecular complexity index is 698. The van der Waals surface area contributed by atoms with E-state index in [9.17, 15) is 9.59 Å². The molecular weight excluding hydrogens is 352 g/mol. The summed E-state index contributed by atoms with van der Waals surface area (Å²) in [6, 6.07) is 3.71. The van der Waals surface area contributed by atoms with E-state index >= 15 is 0 Å². The summed E-state index contributed by atoms with van der Waals surface area (Å²) in [5, 5.41) is 3.42. The normalized spacial score (nSPS) is 35.8. The first-order valence-electron chi connectivity index (χ1n) is 11.2. The van der Waals surface area contributed by atoms with Crippen LogP contribution in [0, 0.1) is 29.1 Å². The lowest BCUT2D eigenvalue weighted by molar-refractivity contribution is -0.131. The fraction of sp³-hybridized carbons (Fsp3) is 0.739. The third-order valence-corrected chi connectivity index (χ3v) is 8.25. The minimum atomic E-state index is -0.0641. The molecule has 4 saturated carbocycles. The van der Waals surface area contributed by atoms with Gasteiger partial charge in [-0.25, -0.2) is 0 Å². The Morgan fingerprint density at radius 3 is 2.25 bits per heavy atom. The topological polar surface area (TPSA) is 62.6 Å². The van der Waals surface area contributed by atoms with Gasteiger partial charge in [0.15, 0.2) is 5.76 Å². The lowest BCUT2D eigenvalue weighted by Gasteiger charge is -2.59. The molecule has 28 heavy (non-hydrogen) atoms. The molecule has 4 aliphatic carbocycles. The zero-order chi connectivity index (χ0) is 19.3. The molecule has 4 bridgehead atoms. The second-order valence-electron chi connectivity index (χ2n) is 10.1. The van der Waals surface area contributed by atoms with Crippen LogP contribution in [-0.2, 0) is 4.79 Å². The number of piperidine rings is 1. The van der Waals surface area contributed by atoms with Gasteiger partial charge in [-0.2, -0.15) is 0 Å². The van der Waals surface area contributed by atoms with E-state index in [2.05, 4.69) is 12.2 Å². The van der Waals surface area contributed by atoms with Crippen molar-refractivity contribution in [3.8, 4) is 0 Å². The van der Waals surface area contributed by atoms with Gasteiger partial charge in [0.2, 0.25) is 5.91 Å². The van der Waals surface area contributed by atoms with Crippen LogP contribution in [0.4, 0.5) is 0 Å². The van der Waals surface area contributed by atoms with E-state index in [1.807, 2.05) is 4.90 Å². The van der Waals surface area contributed by atoms with Crippen LogP contribution in [0.1, 0.15) is 68.8 Å². The number of nitrogens with zero attached hydrogens (tertiary/aromatic N) is 1. The molecule has 0 unspecified atom stereocenters. The number of hydrogen-bond donors (Lipinski definition) is 1. The predicted octanol–water partition coefficient (Wildman–Crippen LogP) is 3.85. The van der Waals surface area contributed by atoms with Crippen molar-refractivity contribution in [2.24, 2.45) is 29.1 Å². The van der Waals surface area contributed by atoms with Crippen molar-refractivity contribution in [1.29, 1.82) is 0 Å². The highest BCUT2D eigenvalue weighted by Crippen LogP contribution is 2.61. The summed E-state index contributed by atoms with van der Waals surface area (Å²) in [4.78, 5) is 27.2. The Hall–Kier alpha value is -1.78. The van der Waals surface area contributed by atoms with Gasteiger partial charge in [-0.15, -0.1) is 0 Å². The molecular formula is C23H32N2O3. The fourth-order valence-corrected chi connectivity index (χ4v) is 7.09. The molecule has 1 aromatic rings. The van der Waals surface area contributed by atoms with Crippen LogP contribution < -0.4 is 5.32 Å². The van der Waals surface area contributed by atoms with Gasteiger partial charge in [0.25, 0.3) is 5.91 Å². The summed E-state index contributed by atoms with van der Waals surface area (Å²) >= 11 is 0. The summed E-state index contributed by atoms with van der Waals surface area (Å²) in [6.07, 6.45) is 11.3. The van der Waals surface area contributed by atoms with Gasteiger partial charge >= 0.3 is 0 Å². The van der Waals surface area contributed by atoms with Crippen molar-refractivity contribution < 1.29 is 14.0 Å². The van der Waals surface area contributed by atoms with Crippen LogP contribution in [0.5, 0.6) is 0 Å². The molecule has 0 spiro atoms. The van der Waals surface area contributed by atoms with E-state index in [1.54, 1.807) is 12.1 Å². The second kappa shape index (κ2) is 6.93. The maximum atomic E-state index is 13.0. The summed E-state index contributed by atoms with van der Waals surface area (Å²) in [5.74, 6) is 3.26. The Balaban J connectivity index is 1.16. The molecule has 0 aromatic carbocycles. The third kappa shape index (κ3) is 3.17. The number of carbonyl (C=O) groups excluding carboxylic acids is 2. The number of furan rings is 1. The van der Waals surface area contributed by atoms with E-state index in [0.29, 0.717) is 24.3 Å². The molecule has 5 heteroatoms. The van der Waals surface area contributed by atoms with E-state index in [-0.39, 0.29) is 23.8 Å². The summed E-state index contributed by atoms with van der Waals surface area (Å²) in [6.45, 7) is 3.51. The zero-order valence-electron chi connectivity index (χ0n) is 16.9. The van der Waals surface area contributed by atoms with E-state index in [1.165, 1.54) is 44.8 Å². The van der Waals surface area contributed by atoms with Gasteiger partial charge in [-0.3, -0.25) is 9.59 Å². The van der Waals surface area contributed by atoms with Gasteiger partial charge in [0.05, 0.1) is 6.26 Å². The average Bonchev–Trinajstić information content (AvgIpc) is 3.21. The van der Waals surface area contributed by atoms with Crippen LogP contribution in [-0.4, -0.2) is 35.8 Å². The molecule has 5 aliphatic rings. The fourth-order valence-electron chi connectivity index (χ4n) is 7.09. The van der Waals surface area contributed by atoms with Gasteiger partial charge in [-0.1, -0.05) is 0 Å². The van der Waals surface area contributed by atoms with Crippen molar-refractivity contribution in [1.82, 2.24) is 10.2 Å². The highest BCUT2D eigenvalue weighted by molar-refractivity contribution is 5.91. The molecule has 1 saturated heterocycles. The summed E-state index contributed by atoms with van der Waals surface area (Å²) in [5.41, 5.74) is 0.348. The molecule has 0 radical (unpaired) electrons. The first kappa shape index (κ1) is 18.3. The Morgan fingerprint density at radius 2 is 1.71 bits per heavy atom. The van der Waals surface area contributed by atoms with Crippen LogP contribution in [0.25, 0.3) is 0 Å². The first-order chi connectivity index (χ1) is 13.5.